The highest BCUT2D eigenvalue weighted by atomic mass is 79.9. The van der Waals surface area contributed by atoms with E-state index >= 15 is 0 Å². The van der Waals surface area contributed by atoms with E-state index < -0.39 is 11.6 Å². The van der Waals surface area contributed by atoms with E-state index in [-0.39, 0.29) is 11.9 Å². The highest BCUT2D eigenvalue weighted by Crippen LogP contribution is 2.30. The summed E-state index contributed by atoms with van der Waals surface area (Å²) in [5, 5.41) is 0.175. The van der Waals surface area contributed by atoms with Crippen LogP contribution >= 0.6 is 25.2 Å². The molecule has 0 fully saturated rings. The Labute approximate surface area is 223 Å². The van der Waals surface area contributed by atoms with Crippen molar-refractivity contribution in [2.75, 3.05) is 6.61 Å². The van der Waals surface area contributed by atoms with Gasteiger partial charge in [0.25, 0.3) is 0 Å². The highest BCUT2D eigenvalue weighted by Gasteiger charge is 2.11. The van der Waals surface area contributed by atoms with Crippen LogP contribution in [0.4, 0.5) is 8.78 Å². The monoisotopic (exact) mass is 570 g/mol. The molecule has 0 spiro atoms. The first kappa shape index (κ1) is 27.8. The molecule has 3 rings (SSSR count). The Kier molecular flexibility index (Phi) is 10.0. The second-order valence-electron chi connectivity index (χ2n) is 8.51. The zero-order valence-corrected chi connectivity index (χ0v) is 23.4. The molecule has 6 heteroatoms. The molecule has 3 aromatic carbocycles. The van der Waals surface area contributed by atoms with E-state index in [2.05, 4.69) is 63.0 Å². The molecule has 0 aliphatic rings. The van der Waals surface area contributed by atoms with Gasteiger partial charge < -0.3 is 9.47 Å². The summed E-state index contributed by atoms with van der Waals surface area (Å²) >= 11 is 3.53. The second-order valence-corrected chi connectivity index (χ2v) is 10.0. The van der Waals surface area contributed by atoms with Crippen molar-refractivity contribution in [3.63, 3.8) is 0 Å². The molecule has 0 saturated heterocycles. The summed E-state index contributed by atoms with van der Waals surface area (Å²) in [5.41, 5.74) is 5.85. The third-order valence-corrected chi connectivity index (χ3v) is 6.46. The first-order chi connectivity index (χ1) is 17.2. The minimum absolute atomic E-state index is 0.124. The Hall–Kier alpha value is -2.75. The fourth-order valence-corrected chi connectivity index (χ4v) is 4.41. The Morgan fingerprint density at radius 1 is 1.03 bits per heavy atom. The van der Waals surface area contributed by atoms with Gasteiger partial charge in [-0.2, -0.15) is 0 Å². The Balaban J connectivity index is 1.76. The molecule has 3 aromatic rings. The van der Waals surface area contributed by atoms with Gasteiger partial charge in [-0.05, 0) is 80.3 Å². The number of hydrogen-bond acceptors (Lipinski definition) is 2. The van der Waals surface area contributed by atoms with Crippen LogP contribution in [0.2, 0.25) is 0 Å². The molecule has 0 radical (unpaired) electrons. The minimum atomic E-state index is -0.887. The predicted octanol–water partition coefficient (Wildman–Crippen LogP) is 8.41. The summed E-state index contributed by atoms with van der Waals surface area (Å²) in [6.45, 7) is 10.8. The van der Waals surface area contributed by atoms with Crippen molar-refractivity contribution in [2.45, 2.75) is 33.8 Å². The van der Waals surface area contributed by atoms with E-state index in [0.717, 1.165) is 33.7 Å². The topological polar surface area (TPSA) is 18.5 Å². The summed E-state index contributed by atoms with van der Waals surface area (Å²) in [5.74, 6) is -0.409. The molecule has 0 aromatic heterocycles. The van der Waals surface area contributed by atoms with Crippen LogP contribution in [0, 0.1) is 11.6 Å². The summed E-state index contributed by atoms with van der Waals surface area (Å²) in [7, 11) is 2.21. The number of rotatable bonds is 10. The number of hydrogen-bond donors (Lipinski definition) is 0. The fourth-order valence-electron chi connectivity index (χ4n) is 3.70. The van der Waals surface area contributed by atoms with E-state index in [1.54, 1.807) is 6.07 Å². The number of benzene rings is 3. The Morgan fingerprint density at radius 3 is 2.53 bits per heavy atom. The van der Waals surface area contributed by atoms with Gasteiger partial charge in [0, 0.05) is 20.9 Å². The quantitative estimate of drug-likeness (QED) is 0.138. The lowest BCUT2D eigenvalue weighted by Crippen LogP contribution is -2.07. The lowest BCUT2D eigenvalue weighted by Gasteiger charge is -2.13. The van der Waals surface area contributed by atoms with Gasteiger partial charge in [-0.1, -0.05) is 58.4 Å². The van der Waals surface area contributed by atoms with Gasteiger partial charge >= 0.3 is 0 Å². The van der Waals surface area contributed by atoms with Gasteiger partial charge in [-0.15, -0.1) is 9.24 Å². The lowest BCUT2D eigenvalue weighted by atomic mass is 10.0. The van der Waals surface area contributed by atoms with Crippen molar-refractivity contribution in [3.05, 3.63) is 117 Å². The zero-order chi connectivity index (χ0) is 26.2. The largest absolute Gasteiger partial charge is 0.494 e. The normalized spacial score (nSPS) is 12.0. The predicted molar refractivity (Wildman–Crippen MR) is 152 cm³/mol. The average Bonchev–Trinajstić information content (AvgIpc) is 2.85. The third-order valence-electron chi connectivity index (χ3n) is 5.55. The van der Waals surface area contributed by atoms with Gasteiger partial charge in [0.2, 0.25) is 0 Å². The van der Waals surface area contributed by atoms with Crippen LogP contribution in [-0.4, -0.2) is 6.61 Å². The van der Waals surface area contributed by atoms with E-state index in [1.165, 1.54) is 11.1 Å². The van der Waals surface area contributed by atoms with Crippen molar-refractivity contribution in [1.29, 1.82) is 0 Å². The van der Waals surface area contributed by atoms with Crippen molar-refractivity contribution in [3.8, 4) is 5.75 Å². The maximum atomic E-state index is 13.8. The fraction of sp³-hybridized carbons (Fsp3) is 0.200. The van der Waals surface area contributed by atoms with Crippen molar-refractivity contribution in [2.24, 2.45) is 0 Å². The van der Waals surface area contributed by atoms with Crippen LogP contribution in [0.5, 0.6) is 5.75 Å². The molecule has 0 aliphatic heterocycles. The first-order valence-corrected chi connectivity index (χ1v) is 13.0. The minimum Gasteiger partial charge on any atom is -0.494 e. The zero-order valence-electron chi connectivity index (χ0n) is 20.7. The SMILES string of the molecule is C=C(OCC)c1cccc(C/C(C)=C\C=C(/C)c2cc(Br)ccc2OCc2cc(F)c(F)c(P)c2)c1. The van der Waals surface area contributed by atoms with Gasteiger partial charge in [0.15, 0.2) is 11.6 Å². The smallest absolute Gasteiger partial charge is 0.165 e. The molecule has 0 N–H and O–H groups in total. The molecule has 0 heterocycles. The number of allylic oxidation sites excluding steroid dienone is 4. The molecule has 0 saturated carbocycles. The van der Waals surface area contributed by atoms with Crippen LogP contribution in [0.3, 0.4) is 0 Å². The molecule has 1 atom stereocenters. The molecule has 188 valence electrons. The summed E-state index contributed by atoms with van der Waals surface area (Å²) in [6.07, 6.45) is 4.96. The van der Waals surface area contributed by atoms with Crippen LogP contribution in [-0.2, 0) is 17.8 Å². The first-order valence-electron chi connectivity index (χ1n) is 11.6. The molecule has 1 unspecified atom stereocenters. The van der Waals surface area contributed by atoms with Crippen LogP contribution < -0.4 is 10.0 Å². The molecule has 2 nitrogen and oxygen atoms in total. The van der Waals surface area contributed by atoms with Gasteiger partial charge in [0.1, 0.15) is 18.1 Å². The van der Waals surface area contributed by atoms with E-state index in [1.807, 2.05) is 44.2 Å². The van der Waals surface area contributed by atoms with Crippen molar-refractivity contribution < 1.29 is 18.3 Å². The van der Waals surface area contributed by atoms with E-state index in [0.29, 0.717) is 23.7 Å². The van der Waals surface area contributed by atoms with Crippen LogP contribution in [0.1, 0.15) is 43.0 Å². The van der Waals surface area contributed by atoms with E-state index in [9.17, 15) is 8.78 Å². The maximum absolute atomic E-state index is 13.8. The Morgan fingerprint density at radius 2 is 1.81 bits per heavy atom. The summed E-state index contributed by atoms with van der Waals surface area (Å²) in [6, 6.07) is 16.7. The van der Waals surface area contributed by atoms with Gasteiger partial charge in [-0.25, -0.2) is 8.78 Å². The lowest BCUT2D eigenvalue weighted by molar-refractivity contribution is 0.299. The van der Waals surface area contributed by atoms with Crippen molar-refractivity contribution in [1.82, 2.24) is 0 Å². The average molecular weight is 571 g/mol. The maximum Gasteiger partial charge on any atom is 0.165 e. The van der Waals surface area contributed by atoms with Gasteiger partial charge in [0.05, 0.1) is 6.61 Å². The molecule has 0 amide bonds. The summed E-state index contributed by atoms with van der Waals surface area (Å²) < 4.78 is 39.8. The standard InChI is InChI=1S/C30H30BrF2O2P/c1-5-34-21(4)24-8-6-7-22(14-24)13-19(2)9-10-20(3)26-17-25(31)11-12-28(26)35-18-23-15-27(32)30(33)29(36)16-23/h6-12,14-17H,4-5,13,18,36H2,1-3H3/b19-9-,20-10+. The molecule has 0 bridgehead atoms. The van der Waals surface area contributed by atoms with Crippen LogP contribution in [0.15, 0.2) is 83.4 Å². The van der Waals surface area contributed by atoms with Crippen molar-refractivity contribution >= 4 is 41.8 Å². The molecule has 0 aliphatic carbocycles. The molecular weight excluding hydrogens is 541 g/mol. The number of halogens is 3. The highest BCUT2D eigenvalue weighted by molar-refractivity contribution is 9.10. The third kappa shape index (κ3) is 7.62. The Bertz CT molecular complexity index is 1290. The summed E-state index contributed by atoms with van der Waals surface area (Å²) in [4.78, 5) is 0. The second kappa shape index (κ2) is 13.0. The van der Waals surface area contributed by atoms with Crippen LogP contribution in [0.25, 0.3) is 11.3 Å². The van der Waals surface area contributed by atoms with E-state index in [4.69, 9.17) is 9.47 Å². The number of ether oxygens (including phenoxy) is 2. The molecular formula is C30H30BrF2O2P. The molecule has 36 heavy (non-hydrogen) atoms. The van der Waals surface area contributed by atoms with Gasteiger partial charge in [-0.3, -0.25) is 0 Å².